The van der Waals surface area contributed by atoms with Crippen LogP contribution in [0.15, 0.2) is 23.2 Å². The number of aliphatic imine (C=N–C) groups is 1. The van der Waals surface area contributed by atoms with E-state index in [-0.39, 0.29) is 23.8 Å². The third-order valence-electron chi connectivity index (χ3n) is 2.98. The second-order valence-electron chi connectivity index (χ2n) is 5.52. The summed E-state index contributed by atoms with van der Waals surface area (Å²) in [5.74, 6) is 0.279. The molecule has 0 amide bonds. The van der Waals surface area contributed by atoms with Crippen LogP contribution < -0.4 is 0 Å². The van der Waals surface area contributed by atoms with Crippen LogP contribution in [0.3, 0.4) is 0 Å². The van der Waals surface area contributed by atoms with Gasteiger partial charge in [0, 0.05) is 11.8 Å². The molecule has 0 unspecified atom stereocenters. The van der Waals surface area contributed by atoms with Crippen molar-refractivity contribution in [2.24, 2.45) is 4.99 Å². The van der Waals surface area contributed by atoms with Gasteiger partial charge in [-0.2, -0.15) is 0 Å². The first kappa shape index (κ1) is 14.7. The average molecular weight is 249 g/mol. The Labute approximate surface area is 109 Å². The highest BCUT2D eigenvalue weighted by molar-refractivity contribution is 5.84. The predicted molar refractivity (Wildman–Crippen MR) is 75.6 cm³/mol. The zero-order chi connectivity index (χ0) is 13.8. The van der Waals surface area contributed by atoms with E-state index >= 15 is 0 Å². The number of para-hydroxylation sites is 1. The van der Waals surface area contributed by atoms with Gasteiger partial charge in [0.15, 0.2) is 0 Å². The molecular weight excluding hydrogens is 226 g/mol. The Morgan fingerprint density at radius 1 is 1.33 bits per heavy atom. The van der Waals surface area contributed by atoms with Crippen LogP contribution in [-0.2, 0) is 5.41 Å². The van der Waals surface area contributed by atoms with Crippen LogP contribution in [0.2, 0.25) is 0 Å². The SMILES string of the molecule is CC[C@@H](CO)N=Cc1cccc(C(C)(C)C)c1O. The second kappa shape index (κ2) is 6.01. The van der Waals surface area contributed by atoms with Gasteiger partial charge in [-0.3, -0.25) is 4.99 Å². The van der Waals surface area contributed by atoms with Gasteiger partial charge in [-0.05, 0) is 23.5 Å². The minimum atomic E-state index is -0.102. The average Bonchev–Trinajstić information content (AvgIpc) is 2.30. The quantitative estimate of drug-likeness (QED) is 0.806. The van der Waals surface area contributed by atoms with E-state index < -0.39 is 0 Å². The Bertz CT molecular complexity index is 415. The molecule has 0 saturated heterocycles. The number of phenolic OH excluding ortho intramolecular Hbond substituents is 1. The van der Waals surface area contributed by atoms with Crippen LogP contribution in [0.25, 0.3) is 0 Å². The maximum atomic E-state index is 10.2. The van der Waals surface area contributed by atoms with Crippen LogP contribution in [0, 0.1) is 0 Å². The summed E-state index contributed by atoms with van der Waals surface area (Å²) in [7, 11) is 0. The number of benzene rings is 1. The Kier molecular flexibility index (Phi) is 4.91. The fraction of sp³-hybridized carbons (Fsp3) is 0.533. The zero-order valence-corrected chi connectivity index (χ0v) is 11.6. The Balaban J connectivity index is 3.05. The monoisotopic (exact) mass is 249 g/mol. The number of hydrogen-bond acceptors (Lipinski definition) is 3. The molecule has 18 heavy (non-hydrogen) atoms. The summed E-state index contributed by atoms with van der Waals surface area (Å²) in [5.41, 5.74) is 1.51. The van der Waals surface area contributed by atoms with Gasteiger partial charge in [0.1, 0.15) is 5.75 Å². The van der Waals surface area contributed by atoms with Gasteiger partial charge >= 0.3 is 0 Å². The summed E-state index contributed by atoms with van der Waals surface area (Å²) in [6.07, 6.45) is 2.43. The van der Waals surface area contributed by atoms with Crippen LogP contribution >= 0.6 is 0 Å². The molecule has 1 aromatic carbocycles. The number of aromatic hydroxyl groups is 1. The molecule has 2 N–H and O–H groups in total. The zero-order valence-electron chi connectivity index (χ0n) is 11.6. The highest BCUT2D eigenvalue weighted by Crippen LogP contribution is 2.32. The van der Waals surface area contributed by atoms with E-state index in [1.54, 1.807) is 6.21 Å². The molecule has 0 spiro atoms. The van der Waals surface area contributed by atoms with Gasteiger partial charge in [-0.25, -0.2) is 0 Å². The van der Waals surface area contributed by atoms with E-state index in [1.807, 2.05) is 25.1 Å². The molecule has 0 aliphatic rings. The van der Waals surface area contributed by atoms with E-state index in [2.05, 4.69) is 25.8 Å². The molecule has 100 valence electrons. The molecule has 0 aromatic heterocycles. The summed E-state index contributed by atoms with van der Waals surface area (Å²) in [5, 5.41) is 19.3. The first-order chi connectivity index (χ1) is 8.40. The van der Waals surface area contributed by atoms with Gasteiger partial charge in [0.05, 0.1) is 12.6 Å². The lowest BCUT2D eigenvalue weighted by atomic mass is 9.85. The van der Waals surface area contributed by atoms with Crippen molar-refractivity contribution in [1.82, 2.24) is 0 Å². The molecule has 1 aromatic rings. The van der Waals surface area contributed by atoms with E-state index in [4.69, 9.17) is 5.11 Å². The lowest BCUT2D eigenvalue weighted by Gasteiger charge is -2.21. The topological polar surface area (TPSA) is 52.8 Å². The van der Waals surface area contributed by atoms with Gasteiger partial charge in [-0.15, -0.1) is 0 Å². The van der Waals surface area contributed by atoms with E-state index in [1.165, 1.54) is 0 Å². The number of aliphatic hydroxyl groups is 1. The van der Waals surface area contributed by atoms with Gasteiger partial charge in [0.25, 0.3) is 0 Å². The molecule has 0 saturated carbocycles. The van der Waals surface area contributed by atoms with Crippen molar-refractivity contribution in [2.45, 2.75) is 45.6 Å². The van der Waals surface area contributed by atoms with Crippen molar-refractivity contribution in [1.29, 1.82) is 0 Å². The maximum absolute atomic E-state index is 10.2. The third kappa shape index (κ3) is 3.57. The molecule has 1 rings (SSSR count). The van der Waals surface area contributed by atoms with Gasteiger partial charge in [0.2, 0.25) is 0 Å². The smallest absolute Gasteiger partial charge is 0.128 e. The number of aliphatic hydroxyl groups excluding tert-OH is 1. The Hall–Kier alpha value is -1.35. The summed E-state index contributed by atoms with van der Waals surface area (Å²) >= 11 is 0. The lowest BCUT2D eigenvalue weighted by molar-refractivity contribution is 0.264. The minimum absolute atomic E-state index is 0.0344. The Morgan fingerprint density at radius 2 is 2.00 bits per heavy atom. The van der Waals surface area contributed by atoms with Gasteiger partial charge in [-0.1, -0.05) is 39.8 Å². The summed E-state index contributed by atoms with van der Waals surface area (Å²) in [4.78, 5) is 4.28. The van der Waals surface area contributed by atoms with Crippen LogP contribution in [0.5, 0.6) is 5.75 Å². The first-order valence-electron chi connectivity index (χ1n) is 6.36. The van der Waals surface area contributed by atoms with Crippen LogP contribution in [0.4, 0.5) is 0 Å². The maximum Gasteiger partial charge on any atom is 0.128 e. The molecule has 1 atom stereocenters. The largest absolute Gasteiger partial charge is 0.507 e. The molecule has 3 heteroatoms. The van der Waals surface area contributed by atoms with Crippen LogP contribution in [0.1, 0.15) is 45.2 Å². The molecule has 0 radical (unpaired) electrons. The number of nitrogens with zero attached hydrogens (tertiary/aromatic N) is 1. The lowest BCUT2D eigenvalue weighted by Crippen LogP contribution is -2.12. The molecule has 0 aliphatic carbocycles. The standard InChI is InChI=1S/C15H23NO2/c1-5-12(10-17)16-9-11-7-6-8-13(14(11)18)15(2,3)4/h6-9,12,17-18H,5,10H2,1-4H3/t12-/m0/s1. The molecule has 3 nitrogen and oxygen atoms in total. The number of hydrogen-bond donors (Lipinski definition) is 2. The van der Waals surface area contributed by atoms with E-state index in [9.17, 15) is 5.11 Å². The highest BCUT2D eigenvalue weighted by atomic mass is 16.3. The van der Waals surface area contributed by atoms with Crippen molar-refractivity contribution in [3.63, 3.8) is 0 Å². The second-order valence-corrected chi connectivity index (χ2v) is 5.52. The fourth-order valence-electron chi connectivity index (χ4n) is 1.74. The Morgan fingerprint density at radius 3 is 2.50 bits per heavy atom. The molecular formula is C15H23NO2. The number of phenols is 1. The fourth-order valence-corrected chi connectivity index (χ4v) is 1.74. The van der Waals surface area contributed by atoms with Crippen LogP contribution in [-0.4, -0.2) is 29.1 Å². The third-order valence-corrected chi connectivity index (χ3v) is 2.98. The van der Waals surface area contributed by atoms with Crippen molar-refractivity contribution in [2.75, 3.05) is 6.61 Å². The van der Waals surface area contributed by atoms with Crippen molar-refractivity contribution in [3.05, 3.63) is 29.3 Å². The van der Waals surface area contributed by atoms with Crippen molar-refractivity contribution < 1.29 is 10.2 Å². The van der Waals surface area contributed by atoms with E-state index in [0.29, 0.717) is 5.56 Å². The molecule has 0 heterocycles. The molecule has 0 fully saturated rings. The van der Waals surface area contributed by atoms with Crippen molar-refractivity contribution >= 4 is 6.21 Å². The summed E-state index contributed by atoms with van der Waals surface area (Å²) in [6.45, 7) is 8.19. The predicted octanol–water partition coefficient (Wildman–Crippen LogP) is 2.88. The van der Waals surface area contributed by atoms with E-state index in [0.717, 1.165) is 12.0 Å². The normalized spacial score (nSPS) is 14.1. The molecule has 0 bridgehead atoms. The summed E-state index contributed by atoms with van der Waals surface area (Å²) in [6, 6.07) is 5.58. The minimum Gasteiger partial charge on any atom is -0.507 e. The molecule has 0 aliphatic heterocycles. The summed E-state index contributed by atoms with van der Waals surface area (Å²) < 4.78 is 0. The first-order valence-corrected chi connectivity index (χ1v) is 6.36. The van der Waals surface area contributed by atoms with Crippen molar-refractivity contribution in [3.8, 4) is 5.75 Å². The highest BCUT2D eigenvalue weighted by Gasteiger charge is 2.19. The number of rotatable bonds is 4. The van der Waals surface area contributed by atoms with Gasteiger partial charge < -0.3 is 10.2 Å².